The normalized spacial score (nSPS) is 34.1. The second kappa shape index (κ2) is 4.49. The van der Waals surface area contributed by atoms with Gasteiger partial charge in [0.1, 0.15) is 0 Å². The van der Waals surface area contributed by atoms with Gasteiger partial charge in [-0.15, -0.1) is 0 Å². The lowest BCUT2D eigenvalue weighted by Crippen LogP contribution is -2.44. The van der Waals surface area contributed by atoms with Crippen LogP contribution in [-0.2, 0) is 9.53 Å². The van der Waals surface area contributed by atoms with E-state index in [-0.39, 0.29) is 5.97 Å². The molecule has 0 saturated carbocycles. The third-order valence-electron chi connectivity index (χ3n) is 3.47. The Morgan fingerprint density at radius 3 is 2.67 bits per heavy atom. The van der Waals surface area contributed by atoms with Crippen LogP contribution in [0.1, 0.15) is 26.7 Å². The molecule has 0 spiro atoms. The number of ether oxygens (including phenoxy) is 1. The molecule has 1 aliphatic heterocycles. The predicted molar refractivity (Wildman–Crippen MR) is 57.5 cm³/mol. The van der Waals surface area contributed by atoms with E-state index in [1.54, 1.807) is 0 Å². The SMILES string of the molecule is CCC(C(=O)OC)C1(O)CC(C)N(C)C1. The summed E-state index contributed by atoms with van der Waals surface area (Å²) < 4.78 is 4.73. The van der Waals surface area contributed by atoms with Crippen LogP contribution in [-0.4, -0.2) is 48.3 Å². The number of carbonyl (C=O) groups excluding carboxylic acids is 1. The molecule has 3 atom stereocenters. The van der Waals surface area contributed by atoms with Crippen LogP contribution in [0.5, 0.6) is 0 Å². The Kier molecular flexibility index (Phi) is 3.73. The number of carbonyl (C=O) groups is 1. The molecule has 1 fully saturated rings. The van der Waals surface area contributed by atoms with Crippen LogP contribution in [0.15, 0.2) is 0 Å². The summed E-state index contributed by atoms with van der Waals surface area (Å²) in [6, 6.07) is 0.314. The number of aliphatic hydroxyl groups is 1. The molecule has 0 aromatic carbocycles. The number of likely N-dealkylation sites (N-methyl/N-ethyl adjacent to an activating group) is 1. The maximum atomic E-state index is 11.5. The molecule has 0 aliphatic carbocycles. The molecule has 4 nitrogen and oxygen atoms in total. The molecule has 0 bridgehead atoms. The van der Waals surface area contributed by atoms with E-state index in [0.29, 0.717) is 25.4 Å². The Morgan fingerprint density at radius 2 is 2.33 bits per heavy atom. The Balaban J connectivity index is 2.80. The molecule has 0 amide bonds. The van der Waals surface area contributed by atoms with Gasteiger partial charge in [-0.1, -0.05) is 6.92 Å². The Bertz CT molecular complexity index is 232. The minimum absolute atomic E-state index is 0.303. The molecule has 15 heavy (non-hydrogen) atoms. The summed E-state index contributed by atoms with van der Waals surface area (Å²) in [6.45, 7) is 4.51. The lowest BCUT2D eigenvalue weighted by atomic mass is 9.83. The van der Waals surface area contributed by atoms with Crippen molar-refractivity contribution >= 4 is 5.97 Å². The Labute approximate surface area is 91.2 Å². The zero-order chi connectivity index (χ0) is 11.6. The highest BCUT2D eigenvalue weighted by atomic mass is 16.5. The molecule has 3 unspecified atom stereocenters. The first kappa shape index (κ1) is 12.5. The van der Waals surface area contributed by atoms with E-state index in [4.69, 9.17) is 4.74 Å². The number of likely N-dealkylation sites (tertiary alicyclic amines) is 1. The largest absolute Gasteiger partial charge is 0.469 e. The average molecular weight is 215 g/mol. The molecule has 1 N–H and O–H groups in total. The van der Waals surface area contributed by atoms with Crippen LogP contribution >= 0.6 is 0 Å². The molecule has 0 aromatic rings. The fourth-order valence-corrected chi connectivity index (χ4v) is 2.48. The molecule has 1 aliphatic rings. The van der Waals surface area contributed by atoms with Gasteiger partial charge >= 0.3 is 5.97 Å². The lowest BCUT2D eigenvalue weighted by molar-refractivity contribution is -0.155. The van der Waals surface area contributed by atoms with Crippen molar-refractivity contribution in [3.8, 4) is 0 Å². The monoisotopic (exact) mass is 215 g/mol. The summed E-state index contributed by atoms with van der Waals surface area (Å²) in [5, 5.41) is 10.5. The van der Waals surface area contributed by atoms with Gasteiger partial charge in [-0.25, -0.2) is 0 Å². The highest BCUT2D eigenvalue weighted by Gasteiger charge is 2.47. The summed E-state index contributed by atoms with van der Waals surface area (Å²) in [6.07, 6.45) is 1.25. The number of hydrogen-bond donors (Lipinski definition) is 1. The van der Waals surface area contributed by atoms with Gasteiger partial charge in [-0.3, -0.25) is 4.79 Å². The Morgan fingerprint density at radius 1 is 1.73 bits per heavy atom. The summed E-state index contributed by atoms with van der Waals surface area (Å²) in [5.74, 6) is -0.711. The molecular weight excluding hydrogens is 194 g/mol. The Hall–Kier alpha value is -0.610. The number of hydrogen-bond acceptors (Lipinski definition) is 4. The number of rotatable bonds is 3. The van der Waals surface area contributed by atoms with Gasteiger partial charge in [0.25, 0.3) is 0 Å². The van der Waals surface area contributed by atoms with Crippen molar-refractivity contribution in [2.24, 2.45) is 5.92 Å². The van der Waals surface area contributed by atoms with E-state index >= 15 is 0 Å². The van der Waals surface area contributed by atoms with Gasteiger partial charge in [0.05, 0.1) is 18.6 Å². The van der Waals surface area contributed by atoms with E-state index in [1.807, 2.05) is 14.0 Å². The summed E-state index contributed by atoms with van der Waals surface area (Å²) in [4.78, 5) is 13.6. The van der Waals surface area contributed by atoms with Crippen LogP contribution in [0.4, 0.5) is 0 Å². The van der Waals surface area contributed by atoms with E-state index in [1.165, 1.54) is 7.11 Å². The predicted octanol–water partition coefficient (Wildman–Crippen LogP) is 0.641. The van der Waals surface area contributed by atoms with E-state index in [9.17, 15) is 9.90 Å². The summed E-state index contributed by atoms with van der Waals surface area (Å²) in [5.41, 5.74) is -0.921. The molecule has 0 aromatic heterocycles. The fraction of sp³-hybridized carbons (Fsp3) is 0.909. The van der Waals surface area contributed by atoms with Gasteiger partial charge in [0, 0.05) is 12.6 Å². The van der Waals surface area contributed by atoms with Crippen molar-refractivity contribution in [3.63, 3.8) is 0 Å². The highest BCUT2D eigenvalue weighted by molar-refractivity contribution is 5.73. The van der Waals surface area contributed by atoms with Crippen molar-refractivity contribution in [1.29, 1.82) is 0 Å². The number of esters is 1. The average Bonchev–Trinajstić information content (AvgIpc) is 2.42. The molecule has 0 radical (unpaired) electrons. The standard InChI is InChI=1S/C11H21NO3/c1-5-9(10(13)15-4)11(14)6-8(2)12(3)7-11/h8-9,14H,5-7H2,1-4H3. The highest BCUT2D eigenvalue weighted by Crippen LogP contribution is 2.34. The lowest BCUT2D eigenvalue weighted by Gasteiger charge is -2.29. The van der Waals surface area contributed by atoms with Gasteiger partial charge in [0.2, 0.25) is 0 Å². The van der Waals surface area contributed by atoms with E-state index < -0.39 is 11.5 Å². The molecular formula is C11H21NO3. The molecule has 4 heteroatoms. The first-order valence-corrected chi connectivity index (χ1v) is 5.45. The first-order chi connectivity index (χ1) is 6.94. The summed E-state index contributed by atoms with van der Waals surface area (Å²) >= 11 is 0. The van der Waals surface area contributed by atoms with Crippen LogP contribution in [0.2, 0.25) is 0 Å². The van der Waals surface area contributed by atoms with Crippen LogP contribution in [0.25, 0.3) is 0 Å². The number of β-amino-alcohol motifs (C(OH)–C–C–N with tert-alkyl or cyclic N) is 1. The molecule has 1 rings (SSSR count). The zero-order valence-electron chi connectivity index (χ0n) is 9.99. The van der Waals surface area contributed by atoms with E-state index in [2.05, 4.69) is 11.8 Å². The smallest absolute Gasteiger partial charge is 0.311 e. The maximum absolute atomic E-state index is 11.5. The third-order valence-corrected chi connectivity index (χ3v) is 3.47. The van der Waals surface area contributed by atoms with Crippen molar-refractivity contribution in [2.45, 2.75) is 38.3 Å². The minimum Gasteiger partial charge on any atom is -0.469 e. The second-order valence-corrected chi connectivity index (χ2v) is 4.56. The second-order valence-electron chi connectivity index (χ2n) is 4.56. The quantitative estimate of drug-likeness (QED) is 0.702. The number of nitrogens with zero attached hydrogens (tertiary/aromatic N) is 1. The van der Waals surface area contributed by atoms with Crippen molar-refractivity contribution in [1.82, 2.24) is 4.90 Å². The maximum Gasteiger partial charge on any atom is 0.311 e. The van der Waals surface area contributed by atoms with Crippen molar-refractivity contribution in [3.05, 3.63) is 0 Å². The fourth-order valence-electron chi connectivity index (χ4n) is 2.48. The van der Waals surface area contributed by atoms with Crippen molar-refractivity contribution in [2.75, 3.05) is 20.7 Å². The van der Waals surface area contributed by atoms with E-state index in [0.717, 1.165) is 0 Å². The van der Waals surface area contributed by atoms with Gasteiger partial charge in [0.15, 0.2) is 0 Å². The van der Waals surface area contributed by atoms with Crippen LogP contribution < -0.4 is 0 Å². The van der Waals surface area contributed by atoms with Gasteiger partial charge < -0.3 is 14.7 Å². The topological polar surface area (TPSA) is 49.8 Å². The zero-order valence-corrected chi connectivity index (χ0v) is 9.99. The third kappa shape index (κ3) is 2.32. The van der Waals surface area contributed by atoms with Gasteiger partial charge in [-0.05, 0) is 26.8 Å². The molecule has 1 heterocycles. The first-order valence-electron chi connectivity index (χ1n) is 5.45. The number of methoxy groups -OCH3 is 1. The van der Waals surface area contributed by atoms with Gasteiger partial charge in [-0.2, -0.15) is 0 Å². The molecule has 1 saturated heterocycles. The van der Waals surface area contributed by atoms with Crippen LogP contribution in [0.3, 0.4) is 0 Å². The summed E-state index contributed by atoms with van der Waals surface area (Å²) in [7, 11) is 3.34. The van der Waals surface area contributed by atoms with Crippen LogP contribution in [0, 0.1) is 5.92 Å². The minimum atomic E-state index is -0.921. The molecule has 88 valence electrons. The van der Waals surface area contributed by atoms with Crippen molar-refractivity contribution < 1.29 is 14.6 Å².